The largest absolute Gasteiger partial charge is 0.344 e. The van der Waals surface area contributed by atoms with Gasteiger partial charge < -0.3 is 10.2 Å². The number of benzene rings is 1. The van der Waals surface area contributed by atoms with Crippen LogP contribution >= 0.6 is 12.2 Å². The summed E-state index contributed by atoms with van der Waals surface area (Å²) in [6, 6.07) is 9.46. The van der Waals surface area contributed by atoms with Gasteiger partial charge in [-0.1, -0.05) is 17.7 Å². The third kappa shape index (κ3) is 3.02. The molecular formula is C15H22N2S. The number of rotatable bonds is 1. The Morgan fingerprint density at radius 2 is 1.72 bits per heavy atom. The highest BCUT2D eigenvalue weighted by Gasteiger charge is 2.26. The number of thiocarbonyl (C=S) groups is 1. The van der Waals surface area contributed by atoms with E-state index < -0.39 is 0 Å². The molecule has 1 saturated heterocycles. The number of anilines is 1. The molecule has 0 saturated carbocycles. The normalized spacial score (nSPS) is 23.8. The van der Waals surface area contributed by atoms with E-state index in [0.29, 0.717) is 12.1 Å². The topological polar surface area (TPSA) is 15.3 Å². The van der Waals surface area contributed by atoms with Gasteiger partial charge in [-0.05, 0) is 64.4 Å². The van der Waals surface area contributed by atoms with Gasteiger partial charge in [0.2, 0.25) is 0 Å². The molecule has 0 bridgehead atoms. The second-order valence-corrected chi connectivity index (χ2v) is 5.72. The molecule has 1 N–H and O–H groups in total. The van der Waals surface area contributed by atoms with Crippen LogP contribution in [0.3, 0.4) is 0 Å². The van der Waals surface area contributed by atoms with Gasteiger partial charge in [0.05, 0.1) is 0 Å². The molecule has 0 aromatic heterocycles. The first-order valence-electron chi connectivity index (χ1n) is 6.74. The van der Waals surface area contributed by atoms with E-state index >= 15 is 0 Å². The smallest absolute Gasteiger partial charge is 0.173 e. The average Bonchev–Trinajstić information content (AvgIpc) is 2.32. The van der Waals surface area contributed by atoms with Gasteiger partial charge in [-0.3, -0.25) is 0 Å². The van der Waals surface area contributed by atoms with Crippen molar-refractivity contribution in [2.24, 2.45) is 0 Å². The fraction of sp³-hybridized carbons (Fsp3) is 0.533. The van der Waals surface area contributed by atoms with Crippen LogP contribution in [-0.2, 0) is 0 Å². The van der Waals surface area contributed by atoms with Gasteiger partial charge in [-0.15, -0.1) is 0 Å². The Kier molecular flexibility index (Phi) is 4.23. The molecule has 1 aromatic rings. The third-order valence-electron chi connectivity index (χ3n) is 3.73. The van der Waals surface area contributed by atoms with Crippen LogP contribution in [0.1, 0.15) is 38.7 Å². The predicted octanol–water partition coefficient (Wildman–Crippen LogP) is 3.95. The summed E-state index contributed by atoms with van der Waals surface area (Å²) in [7, 11) is 0. The predicted molar refractivity (Wildman–Crippen MR) is 82.0 cm³/mol. The lowest BCUT2D eigenvalue weighted by Gasteiger charge is -2.40. The fourth-order valence-corrected chi connectivity index (χ4v) is 3.12. The van der Waals surface area contributed by atoms with E-state index in [1.54, 1.807) is 0 Å². The molecule has 0 radical (unpaired) electrons. The highest BCUT2D eigenvalue weighted by atomic mass is 32.1. The van der Waals surface area contributed by atoms with Gasteiger partial charge in [0.15, 0.2) is 5.11 Å². The number of hydrogen-bond acceptors (Lipinski definition) is 1. The maximum Gasteiger partial charge on any atom is 0.173 e. The molecule has 3 heteroatoms. The minimum Gasteiger partial charge on any atom is -0.344 e. The minimum absolute atomic E-state index is 0.541. The SMILES string of the molecule is Cc1ccc(NC(=S)N2C(C)CCCC2C)cc1. The van der Waals surface area contributed by atoms with E-state index in [9.17, 15) is 0 Å². The van der Waals surface area contributed by atoms with Gasteiger partial charge in [0.25, 0.3) is 0 Å². The maximum atomic E-state index is 5.56. The average molecular weight is 262 g/mol. The Bertz CT molecular complexity index is 403. The van der Waals surface area contributed by atoms with E-state index in [1.807, 2.05) is 0 Å². The Morgan fingerprint density at radius 3 is 2.28 bits per heavy atom. The van der Waals surface area contributed by atoms with Crippen molar-refractivity contribution in [1.82, 2.24) is 4.90 Å². The number of piperidine rings is 1. The van der Waals surface area contributed by atoms with Crippen molar-refractivity contribution in [3.05, 3.63) is 29.8 Å². The fourth-order valence-electron chi connectivity index (χ4n) is 2.65. The van der Waals surface area contributed by atoms with E-state index in [0.717, 1.165) is 10.8 Å². The number of nitrogens with one attached hydrogen (secondary N) is 1. The Balaban J connectivity index is 2.04. The van der Waals surface area contributed by atoms with Crippen molar-refractivity contribution < 1.29 is 0 Å². The quantitative estimate of drug-likeness (QED) is 0.771. The van der Waals surface area contributed by atoms with Crippen LogP contribution in [0.2, 0.25) is 0 Å². The second kappa shape index (κ2) is 5.70. The molecule has 1 fully saturated rings. The number of nitrogens with zero attached hydrogens (tertiary/aromatic N) is 1. The van der Waals surface area contributed by atoms with E-state index in [2.05, 4.69) is 55.3 Å². The van der Waals surface area contributed by atoms with Gasteiger partial charge in [-0.2, -0.15) is 0 Å². The summed E-state index contributed by atoms with van der Waals surface area (Å²) >= 11 is 5.56. The Hall–Kier alpha value is -1.09. The highest BCUT2D eigenvalue weighted by molar-refractivity contribution is 7.80. The van der Waals surface area contributed by atoms with Crippen molar-refractivity contribution in [3.63, 3.8) is 0 Å². The summed E-state index contributed by atoms with van der Waals surface area (Å²) in [5.74, 6) is 0. The zero-order valence-corrected chi connectivity index (χ0v) is 12.3. The minimum atomic E-state index is 0.541. The van der Waals surface area contributed by atoms with Crippen LogP contribution in [0.25, 0.3) is 0 Å². The van der Waals surface area contributed by atoms with E-state index in [1.165, 1.54) is 24.8 Å². The van der Waals surface area contributed by atoms with E-state index in [4.69, 9.17) is 12.2 Å². The molecule has 2 rings (SSSR count). The van der Waals surface area contributed by atoms with Crippen molar-refractivity contribution in [3.8, 4) is 0 Å². The molecule has 98 valence electrons. The molecule has 1 heterocycles. The summed E-state index contributed by atoms with van der Waals surface area (Å²) < 4.78 is 0. The molecule has 1 aliphatic rings. The van der Waals surface area contributed by atoms with Crippen LogP contribution in [-0.4, -0.2) is 22.1 Å². The molecule has 0 aliphatic carbocycles. The summed E-state index contributed by atoms with van der Waals surface area (Å²) in [5.41, 5.74) is 2.35. The summed E-state index contributed by atoms with van der Waals surface area (Å²) in [6.45, 7) is 6.62. The lowest BCUT2D eigenvalue weighted by Crippen LogP contribution is -2.49. The first kappa shape index (κ1) is 13.3. The monoisotopic (exact) mass is 262 g/mol. The Labute approximate surface area is 115 Å². The van der Waals surface area contributed by atoms with Crippen LogP contribution in [0.15, 0.2) is 24.3 Å². The summed E-state index contributed by atoms with van der Waals surface area (Å²) in [6.07, 6.45) is 3.78. The van der Waals surface area contributed by atoms with Gasteiger partial charge in [0.1, 0.15) is 0 Å². The Morgan fingerprint density at radius 1 is 1.17 bits per heavy atom. The molecule has 18 heavy (non-hydrogen) atoms. The van der Waals surface area contributed by atoms with Crippen molar-refractivity contribution >= 4 is 23.0 Å². The standard InChI is InChI=1S/C15H22N2S/c1-11-7-9-14(10-8-11)16-15(18)17-12(2)5-4-6-13(17)3/h7-10,12-13H,4-6H2,1-3H3,(H,16,18). The van der Waals surface area contributed by atoms with Crippen LogP contribution in [0, 0.1) is 6.92 Å². The van der Waals surface area contributed by atoms with Gasteiger partial charge in [-0.25, -0.2) is 0 Å². The highest BCUT2D eigenvalue weighted by Crippen LogP contribution is 2.23. The maximum absolute atomic E-state index is 5.56. The van der Waals surface area contributed by atoms with E-state index in [-0.39, 0.29) is 0 Å². The molecule has 0 spiro atoms. The zero-order chi connectivity index (χ0) is 13.1. The van der Waals surface area contributed by atoms with Crippen molar-refractivity contribution in [1.29, 1.82) is 0 Å². The second-order valence-electron chi connectivity index (χ2n) is 5.33. The van der Waals surface area contributed by atoms with Crippen LogP contribution in [0.5, 0.6) is 0 Å². The molecule has 1 aromatic carbocycles. The number of aryl methyl sites for hydroxylation is 1. The first-order chi connectivity index (χ1) is 8.58. The number of hydrogen-bond donors (Lipinski definition) is 1. The molecule has 2 nitrogen and oxygen atoms in total. The molecule has 2 atom stereocenters. The molecule has 0 amide bonds. The van der Waals surface area contributed by atoms with Gasteiger partial charge in [0, 0.05) is 17.8 Å². The molecule has 2 unspecified atom stereocenters. The lowest BCUT2D eigenvalue weighted by atomic mass is 9.98. The molecular weight excluding hydrogens is 240 g/mol. The van der Waals surface area contributed by atoms with Crippen LogP contribution in [0.4, 0.5) is 5.69 Å². The van der Waals surface area contributed by atoms with Gasteiger partial charge >= 0.3 is 0 Å². The number of likely N-dealkylation sites (tertiary alicyclic amines) is 1. The molecule has 1 aliphatic heterocycles. The van der Waals surface area contributed by atoms with Crippen molar-refractivity contribution in [2.75, 3.05) is 5.32 Å². The summed E-state index contributed by atoms with van der Waals surface area (Å²) in [5, 5.41) is 4.22. The summed E-state index contributed by atoms with van der Waals surface area (Å²) in [4.78, 5) is 2.35. The van der Waals surface area contributed by atoms with Crippen molar-refractivity contribution in [2.45, 2.75) is 52.1 Å². The van der Waals surface area contributed by atoms with Crippen LogP contribution < -0.4 is 5.32 Å². The first-order valence-corrected chi connectivity index (χ1v) is 7.14. The third-order valence-corrected chi connectivity index (χ3v) is 4.04. The zero-order valence-electron chi connectivity index (χ0n) is 11.4. The lowest BCUT2D eigenvalue weighted by molar-refractivity contribution is 0.194.